The summed E-state index contributed by atoms with van der Waals surface area (Å²) in [6.07, 6.45) is 0. The van der Waals surface area contributed by atoms with Crippen molar-refractivity contribution >= 4 is 0 Å². The summed E-state index contributed by atoms with van der Waals surface area (Å²) in [5.41, 5.74) is 0. The first-order valence-electron chi connectivity index (χ1n) is 7.73. The molecule has 0 unspecified atom stereocenters. The highest BCUT2D eigenvalue weighted by atomic mass is 35.5. The molecule has 0 aliphatic heterocycles. The van der Waals surface area contributed by atoms with E-state index >= 15 is 0 Å². The van der Waals surface area contributed by atoms with E-state index in [4.69, 9.17) is 0 Å². The van der Waals surface area contributed by atoms with Crippen LogP contribution in [0.1, 0.15) is 41.5 Å². The zero-order valence-electron chi connectivity index (χ0n) is 13.9. The second-order valence-corrected chi connectivity index (χ2v) is 5.25. The second kappa shape index (κ2) is 10.5. The molecule has 0 atom stereocenters. The zero-order chi connectivity index (χ0) is 14.1. The van der Waals surface area contributed by atoms with Gasteiger partial charge in [0.25, 0.3) is 0 Å². The van der Waals surface area contributed by atoms with Crippen LogP contribution >= 0.6 is 0 Å². The summed E-state index contributed by atoms with van der Waals surface area (Å²) in [6, 6.07) is 0. The molecule has 0 aliphatic rings. The standard InChI is InChI=1S/C16H34N2.ClH/c1-7-17(8-2,9-3)15-13-14-16-18(10-4,11-5)12-6;/h7-12,15-16H2,1-6H3;1H/q+2;/p-1. The van der Waals surface area contributed by atoms with Gasteiger partial charge in [0.2, 0.25) is 0 Å². The first-order valence-corrected chi connectivity index (χ1v) is 7.73. The van der Waals surface area contributed by atoms with Crippen molar-refractivity contribution in [2.24, 2.45) is 0 Å². The summed E-state index contributed by atoms with van der Waals surface area (Å²) in [7, 11) is 0. The molecule has 0 fully saturated rings. The summed E-state index contributed by atoms with van der Waals surface area (Å²) < 4.78 is 2.27. The van der Waals surface area contributed by atoms with Gasteiger partial charge in [0, 0.05) is 0 Å². The van der Waals surface area contributed by atoms with Gasteiger partial charge in [-0.25, -0.2) is 0 Å². The van der Waals surface area contributed by atoms with Crippen molar-refractivity contribution < 1.29 is 21.4 Å². The van der Waals surface area contributed by atoms with E-state index in [1.54, 1.807) is 0 Å². The van der Waals surface area contributed by atoms with Gasteiger partial charge >= 0.3 is 0 Å². The Balaban J connectivity index is 0. The first-order chi connectivity index (χ1) is 8.57. The van der Waals surface area contributed by atoms with Crippen LogP contribution in [-0.2, 0) is 0 Å². The van der Waals surface area contributed by atoms with Gasteiger partial charge in [0.05, 0.1) is 39.3 Å². The van der Waals surface area contributed by atoms with Gasteiger partial charge in [0.15, 0.2) is 0 Å². The van der Waals surface area contributed by atoms with Gasteiger partial charge in [-0.05, 0) is 53.4 Å². The Kier molecular flexibility index (Phi) is 11.7. The molecule has 0 aliphatic carbocycles. The van der Waals surface area contributed by atoms with Crippen LogP contribution in [0, 0.1) is 11.8 Å². The Bertz CT molecular complexity index is 228. The van der Waals surface area contributed by atoms with E-state index in [9.17, 15) is 0 Å². The van der Waals surface area contributed by atoms with Gasteiger partial charge in [-0.3, -0.25) is 0 Å². The molecule has 0 heterocycles. The van der Waals surface area contributed by atoms with Gasteiger partial charge in [-0.2, -0.15) is 0 Å². The van der Waals surface area contributed by atoms with Crippen LogP contribution in [0.5, 0.6) is 0 Å². The maximum Gasteiger partial charge on any atom is 0.141 e. The van der Waals surface area contributed by atoms with Crippen molar-refractivity contribution in [2.45, 2.75) is 41.5 Å². The highest BCUT2D eigenvalue weighted by Gasteiger charge is 2.20. The minimum absolute atomic E-state index is 0. The summed E-state index contributed by atoms with van der Waals surface area (Å²) in [5, 5.41) is 0. The van der Waals surface area contributed by atoms with E-state index in [-0.39, 0.29) is 12.4 Å². The van der Waals surface area contributed by atoms with Crippen LogP contribution in [0.15, 0.2) is 0 Å². The Hall–Kier alpha value is -0.230. The third kappa shape index (κ3) is 6.17. The molecule has 0 aromatic heterocycles. The van der Waals surface area contributed by atoms with E-state index in [2.05, 4.69) is 53.4 Å². The monoisotopic (exact) mass is 289 g/mol. The molecule has 3 heteroatoms. The maximum atomic E-state index is 3.44. The number of rotatable bonds is 8. The summed E-state index contributed by atoms with van der Waals surface area (Å²) in [6.45, 7) is 22.8. The van der Waals surface area contributed by atoms with Gasteiger partial charge in [-0.15, -0.1) is 0 Å². The fourth-order valence-corrected chi connectivity index (χ4v) is 2.46. The number of quaternary nitrogens is 2. The van der Waals surface area contributed by atoms with Crippen LogP contribution < -0.4 is 12.4 Å². The molecule has 0 N–H and O–H groups in total. The van der Waals surface area contributed by atoms with E-state index in [0.29, 0.717) is 0 Å². The third-order valence-corrected chi connectivity index (χ3v) is 4.98. The number of nitrogens with zero attached hydrogens (tertiary/aromatic N) is 2. The fourth-order valence-electron chi connectivity index (χ4n) is 2.46. The minimum Gasteiger partial charge on any atom is -1.00 e. The smallest absolute Gasteiger partial charge is 0.141 e. The predicted molar refractivity (Wildman–Crippen MR) is 81.3 cm³/mol. The fraction of sp³-hybridized carbons (Fsp3) is 0.875. The van der Waals surface area contributed by atoms with Crippen LogP contribution in [0.2, 0.25) is 0 Å². The van der Waals surface area contributed by atoms with E-state index in [0.717, 1.165) is 22.1 Å². The Labute approximate surface area is 127 Å². The van der Waals surface area contributed by atoms with Crippen LogP contribution in [0.3, 0.4) is 0 Å². The molecule has 19 heavy (non-hydrogen) atoms. The van der Waals surface area contributed by atoms with Crippen LogP contribution in [-0.4, -0.2) is 61.3 Å². The molecule has 2 nitrogen and oxygen atoms in total. The predicted octanol–water partition coefficient (Wildman–Crippen LogP) is -0.253. The Morgan fingerprint density at radius 1 is 0.526 bits per heavy atom. The van der Waals surface area contributed by atoms with Crippen molar-refractivity contribution in [3.05, 3.63) is 0 Å². The van der Waals surface area contributed by atoms with Gasteiger partial charge in [0.1, 0.15) is 13.1 Å². The van der Waals surface area contributed by atoms with E-state index in [1.807, 2.05) is 0 Å². The summed E-state index contributed by atoms with van der Waals surface area (Å²) >= 11 is 0. The molecule has 0 aromatic carbocycles. The number of hydrogen-bond donors (Lipinski definition) is 0. The Morgan fingerprint density at radius 2 is 0.737 bits per heavy atom. The zero-order valence-corrected chi connectivity index (χ0v) is 14.7. The van der Waals surface area contributed by atoms with Gasteiger partial charge < -0.3 is 21.4 Å². The molecule has 114 valence electrons. The minimum atomic E-state index is 0. The quantitative estimate of drug-likeness (QED) is 0.427. The van der Waals surface area contributed by atoms with Gasteiger partial charge in [-0.1, -0.05) is 0 Å². The largest absolute Gasteiger partial charge is 1.00 e. The lowest BCUT2D eigenvalue weighted by Crippen LogP contribution is -3.00. The molecule has 0 aromatic rings. The molecule has 0 bridgehead atoms. The molecule has 0 spiro atoms. The molecule has 0 rings (SSSR count). The lowest BCUT2D eigenvalue weighted by molar-refractivity contribution is -0.918. The lowest BCUT2D eigenvalue weighted by Gasteiger charge is -2.34. The molecule has 0 saturated heterocycles. The molecular weight excluding hydrogens is 256 g/mol. The average Bonchev–Trinajstić information content (AvgIpc) is 2.45. The first kappa shape index (κ1) is 21.1. The van der Waals surface area contributed by atoms with Crippen molar-refractivity contribution in [3.63, 3.8) is 0 Å². The average molecular weight is 290 g/mol. The SMILES string of the molecule is CC[N+](CC)(CC)CC#CC[N+](CC)(CC)CC.[Cl-]. The Morgan fingerprint density at radius 3 is 0.895 bits per heavy atom. The highest BCUT2D eigenvalue weighted by Crippen LogP contribution is 2.06. The molecule has 0 amide bonds. The highest BCUT2D eigenvalue weighted by molar-refractivity contribution is 4.99. The van der Waals surface area contributed by atoms with Crippen molar-refractivity contribution in [1.29, 1.82) is 0 Å². The summed E-state index contributed by atoms with van der Waals surface area (Å²) in [5.74, 6) is 6.89. The third-order valence-electron chi connectivity index (χ3n) is 4.98. The molecule has 0 radical (unpaired) electrons. The van der Waals surface area contributed by atoms with Crippen molar-refractivity contribution in [1.82, 2.24) is 0 Å². The maximum absolute atomic E-state index is 3.44. The second-order valence-electron chi connectivity index (χ2n) is 5.25. The van der Waals surface area contributed by atoms with Crippen molar-refractivity contribution in [2.75, 3.05) is 52.4 Å². The summed E-state index contributed by atoms with van der Waals surface area (Å²) in [4.78, 5) is 0. The van der Waals surface area contributed by atoms with E-state index in [1.165, 1.54) is 39.3 Å². The van der Waals surface area contributed by atoms with E-state index < -0.39 is 0 Å². The number of halogens is 1. The van der Waals surface area contributed by atoms with Crippen molar-refractivity contribution in [3.8, 4) is 11.8 Å². The van der Waals surface area contributed by atoms with Crippen LogP contribution in [0.4, 0.5) is 0 Å². The topological polar surface area (TPSA) is 0 Å². The molecular formula is C16H34ClN2+. The number of hydrogen-bond acceptors (Lipinski definition) is 0. The van der Waals surface area contributed by atoms with Crippen LogP contribution in [0.25, 0.3) is 0 Å². The lowest BCUT2D eigenvalue weighted by atomic mass is 10.3. The normalized spacial score (nSPS) is 11.5. The molecule has 0 saturated carbocycles.